The summed E-state index contributed by atoms with van der Waals surface area (Å²) in [5, 5.41) is 12.2. The minimum Gasteiger partial charge on any atom is -0.492 e. The Labute approximate surface area is 135 Å². The van der Waals surface area contributed by atoms with Gasteiger partial charge in [-0.25, -0.2) is 0 Å². The van der Waals surface area contributed by atoms with Gasteiger partial charge in [0.15, 0.2) is 0 Å². The topological polar surface area (TPSA) is 44.7 Å². The molecule has 126 valence electrons. The van der Waals surface area contributed by atoms with Crippen molar-refractivity contribution in [2.24, 2.45) is 0 Å². The lowest BCUT2D eigenvalue weighted by molar-refractivity contribution is 0.286. The average molecular weight is 308 g/mol. The van der Waals surface area contributed by atoms with Crippen LogP contribution in [0.1, 0.15) is 45.6 Å². The summed E-state index contributed by atoms with van der Waals surface area (Å²) in [6.45, 7) is 11.1. The molecule has 4 heteroatoms. The third kappa shape index (κ3) is 6.24. The maximum Gasteiger partial charge on any atom is 0.142 e. The number of rotatable bonds is 12. The van der Waals surface area contributed by atoms with Gasteiger partial charge in [0.2, 0.25) is 0 Å². The van der Waals surface area contributed by atoms with Crippen molar-refractivity contribution >= 4 is 5.69 Å². The fraction of sp³-hybridized carbons (Fsp3) is 0.667. The molecule has 1 aromatic carbocycles. The minimum atomic E-state index is 0.235. The van der Waals surface area contributed by atoms with Crippen LogP contribution in [0.15, 0.2) is 18.2 Å². The molecule has 2 N–H and O–H groups in total. The largest absolute Gasteiger partial charge is 0.492 e. The monoisotopic (exact) mass is 308 g/mol. The van der Waals surface area contributed by atoms with Crippen LogP contribution in [0, 0.1) is 0 Å². The number of hydrogen-bond acceptors (Lipinski definition) is 4. The summed E-state index contributed by atoms with van der Waals surface area (Å²) in [7, 11) is 0. The molecule has 0 heterocycles. The van der Waals surface area contributed by atoms with Crippen LogP contribution >= 0.6 is 0 Å². The summed E-state index contributed by atoms with van der Waals surface area (Å²) in [5.41, 5.74) is 2.42. The maximum atomic E-state index is 8.81. The number of aliphatic hydroxyl groups excluding tert-OH is 1. The Morgan fingerprint density at radius 2 is 1.86 bits per heavy atom. The highest BCUT2D eigenvalue weighted by Gasteiger charge is 2.12. The summed E-state index contributed by atoms with van der Waals surface area (Å²) in [4.78, 5) is 2.41. The standard InChI is InChI=1S/C18H32N2O2/c1-4-11-20(12-5-2)17-9-8-16(14-18(17)22-6-3)15-19-10-7-13-21/h8-9,14,19,21H,4-7,10-13,15H2,1-3H3. The van der Waals surface area contributed by atoms with E-state index in [4.69, 9.17) is 9.84 Å². The number of hydrogen-bond donors (Lipinski definition) is 2. The van der Waals surface area contributed by atoms with Gasteiger partial charge >= 0.3 is 0 Å². The lowest BCUT2D eigenvalue weighted by Crippen LogP contribution is -2.25. The molecule has 1 aromatic rings. The predicted octanol–water partition coefficient (Wildman–Crippen LogP) is 3.18. The maximum absolute atomic E-state index is 8.81. The van der Waals surface area contributed by atoms with Crippen molar-refractivity contribution in [3.05, 3.63) is 23.8 Å². The third-order valence-corrected chi connectivity index (χ3v) is 3.49. The molecule has 0 saturated carbocycles. The summed E-state index contributed by atoms with van der Waals surface area (Å²) < 4.78 is 5.87. The molecule has 0 bridgehead atoms. The summed E-state index contributed by atoms with van der Waals surface area (Å²) in [5.74, 6) is 0.978. The third-order valence-electron chi connectivity index (χ3n) is 3.49. The zero-order valence-electron chi connectivity index (χ0n) is 14.4. The molecule has 4 nitrogen and oxygen atoms in total. The second-order valence-corrected chi connectivity index (χ2v) is 5.48. The van der Waals surface area contributed by atoms with Crippen LogP contribution in [0.4, 0.5) is 5.69 Å². The molecule has 0 aliphatic rings. The lowest BCUT2D eigenvalue weighted by Gasteiger charge is -2.26. The van der Waals surface area contributed by atoms with Gasteiger partial charge < -0.3 is 20.1 Å². The Hall–Kier alpha value is -1.26. The SMILES string of the molecule is CCCN(CCC)c1ccc(CNCCCO)cc1OCC. The quantitative estimate of drug-likeness (QED) is 0.582. The zero-order valence-corrected chi connectivity index (χ0v) is 14.4. The van der Waals surface area contributed by atoms with Crippen molar-refractivity contribution in [2.45, 2.75) is 46.6 Å². The van der Waals surface area contributed by atoms with E-state index < -0.39 is 0 Å². The molecule has 0 aliphatic heterocycles. The molecule has 0 saturated heterocycles. The second-order valence-electron chi connectivity index (χ2n) is 5.48. The number of ether oxygens (including phenoxy) is 1. The van der Waals surface area contributed by atoms with Gasteiger partial charge in [-0.15, -0.1) is 0 Å². The molecule has 0 radical (unpaired) electrons. The Kier molecular flexibility index (Phi) is 9.67. The first-order valence-electron chi connectivity index (χ1n) is 8.59. The first kappa shape index (κ1) is 18.8. The number of aliphatic hydroxyl groups is 1. The highest BCUT2D eigenvalue weighted by Crippen LogP contribution is 2.30. The molecule has 0 aromatic heterocycles. The highest BCUT2D eigenvalue weighted by molar-refractivity contribution is 5.60. The van der Waals surface area contributed by atoms with Crippen LogP contribution in [0.25, 0.3) is 0 Å². The summed E-state index contributed by atoms with van der Waals surface area (Å²) in [6.07, 6.45) is 3.06. The molecule has 0 amide bonds. The molecular formula is C18H32N2O2. The molecule has 0 atom stereocenters. The van der Waals surface area contributed by atoms with Crippen LogP contribution in [0.5, 0.6) is 5.75 Å². The van der Waals surface area contributed by atoms with E-state index in [1.165, 1.54) is 11.3 Å². The van der Waals surface area contributed by atoms with Gasteiger partial charge in [0, 0.05) is 26.2 Å². The predicted molar refractivity (Wildman–Crippen MR) is 93.8 cm³/mol. The van der Waals surface area contributed by atoms with Crippen molar-refractivity contribution < 1.29 is 9.84 Å². The van der Waals surface area contributed by atoms with Gasteiger partial charge in [-0.2, -0.15) is 0 Å². The van der Waals surface area contributed by atoms with Gasteiger partial charge in [-0.05, 0) is 50.4 Å². The van der Waals surface area contributed by atoms with Gasteiger partial charge in [-0.1, -0.05) is 19.9 Å². The van der Waals surface area contributed by atoms with E-state index in [0.717, 1.165) is 51.2 Å². The number of nitrogens with zero attached hydrogens (tertiary/aromatic N) is 1. The summed E-state index contributed by atoms with van der Waals surface area (Å²) in [6, 6.07) is 6.49. The normalized spacial score (nSPS) is 10.7. The van der Waals surface area contributed by atoms with E-state index in [1.54, 1.807) is 0 Å². The van der Waals surface area contributed by atoms with Crippen LogP contribution in [-0.2, 0) is 6.54 Å². The zero-order chi connectivity index (χ0) is 16.2. The van der Waals surface area contributed by atoms with Crippen molar-refractivity contribution in [1.29, 1.82) is 0 Å². The number of anilines is 1. The molecule has 0 fully saturated rings. The Bertz CT molecular complexity index is 404. The van der Waals surface area contributed by atoms with E-state index in [1.807, 2.05) is 6.92 Å². The van der Waals surface area contributed by atoms with Crippen molar-refractivity contribution in [1.82, 2.24) is 5.32 Å². The van der Waals surface area contributed by atoms with Crippen LogP contribution in [-0.4, -0.2) is 38.0 Å². The average Bonchev–Trinajstić information content (AvgIpc) is 2.52. The summed E-state index contributed by atoms with van der Waals surface area (Å²) >= 11 is 0. The first-order valence-corrected chi connectivity index (χ1v) is 8.59. The molecule has 1 rings (SSSR count). The van der Waals surface area contributed by atoms with Gasteiger partial charge in [0.05, 0.1) is 12.3 Å². The van der Waals surface area contributed by atoms with E-state index >= 15 is 0 Å². The first-order chi connectivity index (χ1) is 10.8. The van der Waals surface area contributed by atoms with Gasteiger partial charge in [-0.3, -0.25) is 0 Å². The fourth-order valence-corrected chi connectivity index (χ4v) is 2.53. The highest BCUT2D eigenvalue weighted by atomic mass is 16.5. The molecule has 22 heavy (non-hydrogen) atoms. The number of nitrogens with one attached hydrogen (secondary N) is 1. The van der Waals surface area contributed by atoms with Crippen molar-refractivity contribution in [3.8, 4) is 5.75 Å². The van der Waals surface area contributed by atoms with Gasteiger partial charge in [0.1, 0.15) is 5.75 Å². The molecular weight excluding hydrogens is 276 g/mol. The smallest absolute Gasteiger partial charge is 0.142 e. The minimum absolute atomic E-state index is 0.235. The molecule has 0 aliphatic carbocycles. The Morgan fingerprint density at radius 3 is 2.45 bits per heavy atom. The Balaban J connectivity index is 2.83. The van der Waals surface area contributed by atoms with Crippen molar-refractivity contribution in [3.63, 3.8) is 0 Å². The van der Waals surface area contributed by atoms with Crippen LogP contribution in [0.3, 0.4) is 0 Å². The fourth-order valence-electron chi connectivity index (χ4n) is 2.53. The lowest BCUT2D eigenvalue weighted by atomic mass is 10.1. The van der Waals surface area contributed by atoms with Crippen LogP contribution in [0.2, 0.25) is 0 Å². The molecule has 0 spiro atoms. The molecule has 0 unspecified atom stereocenters. The van der Waals surface area contributed by atoms with E-state index in [0.29, 0.717) is 6.61 Å². The van der Waals surface area contributed by atoms with E-state index in [-0.39, 0.29) is 6.61 Å². The number of benzene rings is 1. The van der Waals surface area contributed by atoms with E-state index in [2.05, 4.69) is 42.3 Å². The van der Waals surface area contributed by atoms with Crippen LogP contribution < -0.4 is 15.0 Å². The second kappa shape index (κ2) is 11.3. The Morgan fingerprint density at radius 1 is 1.14 bits per heavy atom. The van der Waals surface area contributed by atoms with Crippen molar-refractivity contribution in [2.75, 3.05) is 37.7 Å². The van der Waals surface area contributed by atoms with Gasteiger partial charge in [0.25, 0.3) is 0 Å². The van der Waals surface area contributed by atoms with E-state index in [9.17, 15) is 0 Å².